The normalized spacial score (nSPS) is 11.2. The van der Waals surface area contributed by atoms with E-state index in [1.165, 1.54) is 46.6 Å². The van der Waals surface area contributed by atoms with Crippen LogP contribution in [0.5, 0.6) is 0 Å². The second-order valence-electron chi connectivity index (χ2n) is 7.26. The van der Waals surface area contributed by atoms with Crippen LogP contribution < -0.4 is 15.8 Å². The van der Waals surface area contributed by atoms with Gasteiger partial charge in [0, 0.05) is 24.5 Å². The summed E-state index contributed by atoms with van der Waals surface area (Å²) in [5.74, 6) is -0.780. The van der Waals surface area contributed by atoms with Crippen LogP contribution in [0, 0.1) is 12.7 Å². The number of anilines is 1. The zero-order valence-electron chi connectivity index (χ0n) is 17.8. The smallest absolute Gasteiger partial charge is 0.321 e. The first-order chi connectivity index (χ1) is 15.5. The molecule has 1 aromatic heterocycles. The van der Waals surface area contributed by atoms with Gasteiger partial charge < -0.3 is 10.2 Å². The summed E-state index contributed by atoms with van der Waals surface area (Å²) in [5.41, 5.74) is 1.98. The summed E-state index contributed by atoms with van der Waals surface area (Å²) in [6, 6.07) is 9.52. The highest BCUT2D eigenvalue weighted by atomic mass is 32.2. The molecule has 4 N–H and O–H groups in total. The molecule has 0 aliphatic heterocycles. The van der Waals surface area contributed by atoms with E-state index in [2.05, 4.69) is 15.6 Å². The number of rotatable bonds is 7. The lowest BCUT2D eigenvalue weighted by atomic mass is 10.1. The molecule has 0 bridgehead atoms. The Balaban J connectivity index is 1.59. The first kappa shape index (κ1) is 24.3. The molecule has 174 valence electrons. The van der Waals surface area contributed by atoms with E-state index in [9.17, 15) is 22.4 Å². The number of aromatic nitrogens is 1. The fourth-order valence-corrected chi connectivity index (χ4v) is 4.17. The number of amides is 3. The number of primary sulfonamides is 1. The molecule has 3 rings (SSSR count). The minimum Gasteiger partial charge on any atom is -0.336 e. The number of thiazole rings is 1. The monoisotopic (exact) mass is 491 g/mol. The second-order valence-corrected chi connectivity index (χ2v) is 9.68. The molecule has 9 nitrogen and oxygen atoms in total. The van der Waals surface area contributed by atoms with Crippen molar-refractivity contribution in [2.24, 2.45) is 5.14 Å². The van der Waals surface area contributed by atoms with E-state index in [0.717, 1.165) is 0 Å². The zero-order valence-corrected chi connectivity index (χ0v) is 19.5. The Bertz CT molecular complexity index is 1290. The van der Waals surface area contributed by atoms with Crippen molar-refractivity contribution in [3.8, 4) is 0 Å². The van der Waals surface area contributed by atoms with Crippen molar-refractivity contribution in [1.29, 1.82) is 0 Å². The number of urea groups is 1. The van der Waals surface area contributed by atoms with Crippen LogP contribution in [-0.2, 0) is 23.1 Å². The average Bonchev–Trinajstić information content (AvgIpc) is 3.17. The van der Waals surface area contributed by atoms with Gasteiger partial charge in [-0.2, -0.15) is 0 Å². The highest BCUT2D eigenvalue weighted by molar-refractivity contribution is 7.89. The Morgan fingerprint density at radius 1 is 1.21 bits per heavy atom. The third-order valence-electron chi connectivity index (χ3n) is 4.63. The number of carbonyl (C=O) groups excluding carboxylic acids is 2. The van der Waals surface area contributed by atoms with Crippen LogP contribution in [0.2, 0.25) is 0 Å². The van der Waals surface area contributed by atoms with Crippen molar-refractivity contribution in [3.05, 3.63) is 76.0 Å². The molecule has 3 amide bonds. The summed E-state index contributed by atoms with van der Waals surface area (Å²) in [7, 11) is -2.38. The SMILES string of the molecule is Cc1ccc(S(N)(=O)=O)cc1C(=O)N(C)Cc1csc(NC(=O)NCc2cccc(F)c2)n1. The molecule has 0 saturated heterocycles. The van der Waals surface area contributed by atoms with E-state index in [4.69, 9.17) is 5.14 Å². The molecule has 1 heterocycles. The molecule has 3 aromatic rings. The summed E-state index contributed by atoms with van der Waals surface area (Å²) >= 11 is 1.18. The molecular formula is C21H22FN5O4S2. The van der Waals surface area contributed by atoms with E-state index in [1.807, 2.05) is 0 Å². The minimum atomic E-state index is -3.94. The van der Waals surface area contributed by atoms with Crippen molar-refractivity contribution in [2.45, 2.75) is 24.9 Å². The number of hydrogen-bond donors (Lipinski definition) is 3. The molecule has 12 heteroatoms. The van der Waals surface area contributed by atoms with Crippen LogP contribution in [0.3, 0.4) is 0 Å². The highest BCUT2D eigenvalue weighted by Gasteiger charge is 2.19. The lowest BCUT2D eigenvalue weighted by Crippen LogP contribution is -2.28. The van der Waals surface area contributed by atoms with Gasteiger partial charge in [-0.15, -0.1) is 11.3 Å². The van der Waals surface area contributed by atoms with Gasteiger partial charge in [-0.05, 0) is 42.3 Å². The summed E-state index contributed by atoms with van der Waals surface area (Å²) in [4.78, 5) is 30.4. The number of nitrogens with zero attached hydrogens (tertiary/aromatic N) is 2. The average molecular weight is 492 g/mol. The second kappa shape index (κ2) is 10.1. The largest absolute Gasteiger partial charge is 0.336 e. The van der Waals surface area contributed by atoms with E-state index in [0.29, 0.717) is 22.0 Å². The van der Waals surface area contributed by atoms with Gasteiger partial charge in [-0.25, -0.2) is 27.7 Å². The number of hydrogen-bond acceptors (Lipinski definition) is 6. The van der Waals surface area contributed by atoms with Crippen molar-refractivity contribution in [1.82, 2.24) is 15.2 Å². The lowest BCUT2D eigenvalue weighted by molar-refractivity contribution is 0.0782. The lowest BCUT2D eigenvalue weighted by Gasteiger charge is -2.17. The molecule has 0 unspecified atom stereocenters. The maximum absolute atomic E-state index is 13.2. The van der Waals surface area contributed by atoms with Crippen LogP contribution in [0.15, 0.2) is 52.7 Å². The molecule has 0 radical (unpaired) electrons. The minimum absolute atomic E-state index is 0.140. The molecule has 0 spiro atoms. The van der Waals surface area contributed by atoms with Gasteiger partial charge in [0.1, 0.15) is 5.82 Å². The first-order valence-electron chi connectivity index (χ1n) is 9.65. The maximum Gasteiger partial charge on any atom is 0.321 e. The van der Waals surface area contributed by atoms with E-state index in [1.54, 1.807) is 31.5 Å². The van der Waals surface area contributed by atoms with E-state index < -0.39 is 22.0 Å². The molecule has 0 aliphatic rings. The van der Waals surface area contributed by atoms with Gasteiger partial charge in [0.05, 0.1) is 17.1 Å². The topological polar surface area (TPSA) is 134 Å². The van der Waals surface area contributed by atoms with Crippen LogP contribution >= 0.6 is 11.3 Å². The van der Waals surface area contributed by atoms with Crippen LogP contribution in [0.25, 0.3) is 0 Å². The fourth-order valence-electron chi connectivity index (χ4n) is 2.94. The van der Waals surface area contributed by atoms with Gasteiger partial charge >= 0.3 is 6.03 Å². The Kier molecular flexibility index (Phi) is 7.41. The number of halogens is 1. The van der Waals surface area contributed by atoms with Gasteiger partial charge in [0.25, 0.3) is 5.91 Å². The van der Waals surface area contributed by atoms with E-state index in [-0.39, 0.29) is 29.4 Å². The fraction of sp³-hybridized carbons (Fsp3) is 0.190. The van der Waals surface area contributed by atoms with Crippen molar-refractivity contribution in [2.75, 3.05) is 12.4 Å². The van der Waals surface area contributed by atoms with Crippen molar-refractivity contribution >= 4 is 38.4 Å². The Morgan fingerprint density at radius 3 is 2.67 bits per heavy atom. The van der Waals surface area contributed by atoms with E-state index >= 15 is 0 Å². The quantitative estimate of drug-likeness (QED) is 0.467. The molecule has 0 saturated carbocycles. The molecule has 2 aromatic carbocycles. The molecule has 0 aliphatic carbocycles. The third kappa shape index (κ3) is 6.57. The summed E-state index contributed by atoms with van der Waals surface area (Å²) in [5, 5.41) is 12.4. The van der Waals surface area contributed by atoms with Crippen LogP contribution in [0.1, 0.15) is 27.2 Å². The van der Waals surface area contributed by atoms with Crippen LogP contribution in [-0.4, -0.2) is 37.3 Å². The molecular weight excluding hydrogens is 469 g/mol. The van der Waals surface area contributed by atoms with Gasteiger partial charge in [-0.3, -0.25) is 10.1 Å². The Morgan fingerprint density at radius 2 is 1.97 bits per heavy atom. The summed E-state index contributed by atoms with van der Waals surface area (Å²) in [6.07, 6.45) is 0. The molecule has 0 atom stereocenters. The Labute approximate surface area is 194 Å². The number of sulfonamides is 1. The van der Waals surface area contributed by atoms with Gasteiger partial charge in [0.2, 0.25) is 10.0 Å². The number of nitrogens with two attached hydrogens (primary N) is 1. The maximum atomic E-state index is 13.2. The number of benzene rings is 2. The summed E-state index contributed by atoms with van der Waals surface area (Å²) < 4.78 is 36.4. The van der Waals surface area contributed by atoms with Gasteiger partial charge in [-0.1, -0.05) is 18.2 Å². The Hall–Kier alpha value is -3.35. The van der Waals surface area contributed by atoms with Crippen molar-refractivity contribution < 1.29 is 22.4 Å². The predicted octanol–water partition coefficient (Wildman–Crippen LogP) is 2.83. The van der Waals surface area contributed by atoms with Gasteiger partial charge in [0.15, 0.2) is 5.13 Å². The third-order valence-corrected chi connectivity index (χ3v) is 6.35. The standard InChI is InChI=1S/C21H22FN5O4S2/c1-13-6-7-17(33(23,30)31)9-18(13)19(28)27(2)11-16-12-32-21(25-16)26-20(29)24-10-14-4-3-5-15(22)8-14/h3-9,12H,10-11H2,1-2H3,(H2,23,30,31)(H2,24,25,26,29). The zero-order chi connectivity index (χ0) is 24.2. The molecule has 0 fully saturated rings. The van der Waals surface area contributed by atoms with Crippen molar-refractivity contribution in [3.63, 3.8) is 0 Å². The van der Waals surface area contributed by atoms with Crippen LogP contribution in [0.4, 0.5) is 14.3 Å². The highest BCUT2D eigenvalue weighted by Crippen LogP contribution is 2.20. The summed E-state index contributed by atoms with van der Waals surface area (Å²) in [6.45, 7) is 1.98. The number of aryl methyl sites for hydroxylation is 1. The number of nitrogens with one attached hydrogen (secondary N) is 2. The molecule has 33 heavy (non-hydrogen) atoms. The number of carbonyl (C=O) groups is 2. The first-order valence-corrected chi connectivity index (χ1v) is 12.1. The predicted molar refractivity (Wildman–Crippen MR) is 123 cm³/mol.